The molecule has 74 heavy (non-hydrogen) atoms. The van der Waals surface area contributed by atoms with Crippen molar-refractivity contribution in [1.29, 1.82) is 0 Å². The number of nitrogens with zero attached hydrogens (tertiary/aromatic N) is 3. The van der Waals surface area contributed by atoms with E-state index in [1.165, 1.54) is 33.5 Å². The average molecular weight is 1150 g/mol. The van der Waals surface area contributed by atoms with Gasteiger partial charge in [0.25, 0.3) is 0 Å². The van der Waals surface area contributed by atoms with Crippen molar-refractivity contribution in [3.63, 3.8) is 0 Å². The SMILES string of the molecule is CC.CC.CC.CC.CC(C)c1cccc(C(C)C)c1NC(c1ccccc1)c1cccc(-c2ccccc2)n1.CC(C)c1cccc(C(C)C)c1[N-]C(c1ccccc1)c1cccc(-c2[c-]cccc2)n1.[CH3-].[Hf]. The Balaban J connectivity index is 0.000000637. The van der Waals surface area contributed by atoms with Crippen molar-refractivity contribution in [2.75, 3.05) is 5.32 Å². The van der Waals surface area contributed by atoms with Gasteiger partial charge >= 0.3 is 0 Å². The Kier molecular flexibility index (Phi) is 32.3. The van der Waals surface area contributed by atoms with Gasteiger partial charge in [0.2, 0.25) is 0 Å². The maximum absolute atomic E-state index is 5.40. The molecule has 4 nitrogen and oxygen atoms in total. The zero-order chi connectivity index (χ0) is 53.0. The van der Waals surface area contributed by atoms with E-state index in [9.17, 15) is 0 Å². The molecule has 0 spiro atoms. The molecule has 0 saturated heterocycles. The number of hydrogen-bond donors (Lipinski definition) is 1. The molecule has 6 aromatic carbocycles. The van der Waals surface area contributed by atoms with Crippen molar-refractivity contribution in [2.24, 2.45) is 0 Å². The molecule has 392 valence electrons. The summed E-state index contributed by atoms with van der Waals surface area (Å²) in [5.41, 5.74) is 15.9. The minimum atomic E-state index is -0.183. The fourth-order valence-electron chi connectivity index (χ4n) is 8.26. The standard InChI is InChI=1S/C30H32N2.C30H30N2.4C2H6.CH3.Hf/c2*1-21(2)25-17-11-18-26(22(3)4)30(25)32-29(24-15-9-6-10-16-24)28-20-12-19-27(31-28)23-13-7-5-8-14-23;4*1-2;;/h5-22,29,32H,1-4H3;5-13,15-22,29H,1-4H3;4*1-2H3;1H3;/q;-2;;;;;-1;. The van der Waals surface area contributed by atoms with Gasteiger partial charge in [-0.15, -0.1) is 41.6 Å². The topological polar surface area (TPSA) is 51.9 Å². The van der Waals surface area contributed by atoms with Crippen molar-refractivity contribution in [2.45, 2.75) is 147 Å². The quantitative estimate of drug-likeness (QED) is 0.0872. The molecule has 2 atom stereocenters. The van der Waals surface area contributed by atoms with E-state index >= 15 is 0 Å². The Morgan fingerprint density at radius 1 is 0.405 bits per heavy atom. The maximum Gasteiger partial charge on any atom is 0.0940 e. The molecule has 8 rings (SSSR count). The van der Waals surface area contributed by atoms with Gasteiger partial charge in [0, 0.05) is 42.8 Å². The number of nitrogens with one attached hydrogen (secondary N) is 1. The summed E-state index contributed by atoms with van der Waals surface area (Å²) in [6.07, 6.45) is 0. The molecule has 5 heteroatoms. The molecule has 2 aromatic heterocycles. The molecule has 1 N–H and O–H groups in total. The number of pyridine rings is 2. The van der Waals surface area contributed by atoms with Crippen molar-refractivity contribution in [3.8, 4) is 22.5 Å². The van der Waals surface area contributed by atoms with Crippen LogP contribution >= 0.6 is 0 Å². The largest absolute Gasteiger partial charge is 0.673 e. The molecule has 0 aliphatic heterocycles. The number of benzene rings is 6. The molecule has 0 aliphatic carbocycles. The normalized spacial score (nSPS) is 10.9. The van der Waals surface area contributed by atoms with Gasteiger partial charge in [-0.05, 0) is 70.3 Å². The van der Waals surface area contributed by atoms with Crippen LogP contribution in [-0.2, 0) is 25.8 Å². The summed E-state index contributed by atoms with van der Waals surface area (Å²) in [5.74, 6) is 1.64. The zero-order valence-corrected chi connectivity index (χ0v) is 51.8. The minimum Gasteiger partial charge on any atom is -0.673 e. The first kappa shape index (κ1) is 66.1. The molecule has 0 radical (unpaired) electrons. The predicted molar refractivity (Wildman–Crippen MR) is 322 cm³/mol. The van der Waals surface area contributed by atoms with Crippen LogP contribution in [0.25, 0.3) is 27.8 Å². The van der Waals surface area contributed by atoms with Crippen LogP contribution in [0.2, 0.25) is 0 Å². The first-order valence-corrected chi connectivity index (χ1v) is 26.9. The van der Waals surface area contributed by atoms with Gasteiger partial charge < -0.3 is 23.0 Å². The summed E-state index contributed by atoms with van der Waals surface area (Å²) in [4.78, 5) is 10.1. The number of para-hydroxylation sites is 2. The third-order valence-electron chi connectivity index (χ3n) is 11.7. The van der Waals surface area contributed by atoms with E-state index < -0.39 is 0 Å². The molecule has 2 heterocycles. The Morgan fingerprint density at radius 3 is 1.28 bits per heavy atom. The predicted octanol–water partition coefficient (Wildman–Crippen LogP) is 21.3. The molecule has 0 bridgehead atoms. The second kappa shape index (κ2) is 36.1. The van der Waals surface area contributed by atoms with Crippen LogP contribution in [0.1, 0.15) is 191 Å². The molecular formula is C69H89HfN4-3. The molecule has 2 unspecified atom stereocenters. The molecule has 0 amide bonds. The number of hydrogen-bond acceptors (Lipinski definition) is 3. The van der Waals surface area contributed by atoms with E-state index in [0.29, 0.717) is 23.7 Å². The van der Waals surface area contributed by atoms with E-state index in [2.05, 4.69) is 212 Å². The summed E-state index contributed by atoms with van der Waals surface area (Å²) in [6, 6.07) is 68.3. The second-order valence-corrected chi connectivity index (χ2v) is 17.7. The summed E-state index contributed by atoms with van der Waals surface area (Å²) in [5, 5.41) is 9.33. The van der Waals surface area contributed by atoms with Gasteiger partial charge in [0.1, 0.15) is 0 Å². The summed E-state index contributed by atoms with van der Waals surface area (Å²) in [6.45, 7) is 34.0. The fourth-order valence-corrected chi connectivity index (χ4v) is 8.26. The first-order chi connectivity index (χ1) is 35.1. The van der Waals surface area contributed by atoms with Crippen molar-refractivity contribution in [3.05, 3.63) is 252 Å². The van der Waals surface area contributed by atoms with Crippen LogP contribution in [0.4, 0.5) is 11.4 Å². The fraction of sp³-hybridized carbons (Fsp3) is 0.319. The second-order valence-electron chi connectivity index (χ2n) is 17.7. The molecular weight excluding hydrogens is 1060 g/mol. The van der Waals surface area contributed by atoms with Gasteiger partial charge in [-0.25, -0.2) is 0 Å². The Labute approximate surface area is 470 Å². The van der Waals surface area contributed by atoms with Gasteiger partial charge in [-0.3, -0.25) is 4.98 Å². The van der Waals surface area contributed by atoms with E-state index in [1.54, 1.807) is 0 Å². The zero-order valence-electron chi connectivity index (χ0n) is 48.2. The van der Waals surface area contributed by atoms with Gasteiger partial charge in [0.05, 0.1) is 17.4 Å². The monoisotopic (exact) mass is 1150 g/mol. The Bertz CT molecular complexity index is 2440. The molecule has 0 fully saturated rings. The van der Waals surface area contributed by atoms with E-state index in [4.69, 9.17) is 15.3 Å². The van der Waals surface area contributed by atoms with Crippen LogP contribution in [0.15, 0.2) is 188 Å². The smallest absolute Gasteiger partial charge is 0.0940 e. The Hall–Kier alpha value is -5.91. The van der Waals surface area contributed by atoms with Crippen molar-refractivity contribution in [1.82, 2.24) is 9.97 Å². The van der Waals surface area contributed by atoms with Crippen LogP contribution in [0.3, 0.4) is 0 Å². The number of anilines is 1. The van der Waals surface area contributed by atoms with E-state index in [-0.39, 0.29) is 45.4 Å². The van der Waals surface area contributed by atoms with Gasteiger partial charge in [-0.1, -0.05) is 273 Å². The van der Waals surface area contributed by atoms with Crippen molar-refractivity contribution >= 4 is 11.4 Å². The van der Waals surface area contributed by atoms with E-state index in [1.807, 2.05) is 97.9 Å². The van der Waals surface area contributed by atoms with Crippen LogP contribution in [-0.4, -0.2) is 9.97 Å². The average Bonchev–Trinajstić information content (AvgIpc) is 3.44. The van der Waals surface area contributed by atoms with Crippen LogP contribution in [0, 0.1) is 13.5 Å². The third kappa shape index (κ3) is 18.8. The molecule has 0 aliphatic rings. The Morgan fingerprint density at radius 2 is 0.811 bits per heavy atom. The van der Waals surface area contributed by atoms with Gasteiger partial charge in [-0.2, -0.15) is 0 Å². The number of rotatable bonds is 14. The summed E-state index contributed by atoms with van der Waals surface area (Å²) < 4.78 is 0. The first-order valence-electron chi connectivity index (χ1n) is 26.9. The van der Waals surface area contributed by atoms with E-state index in [0.717, 1.165) is 45.2 Å². The van der Waals surface area contributed by atoms with Crippen LogP contribution < -0.4 is 5.32 Å². The van der Waals surface area contributed by atoms with Crippen molar-refractivity contribution < 1.29 is 25.8 Å². The van der Waals surface area contributed by atoms with Crippen LogP contribution in [0.5, 0.6) is 0 Å². The molecule has 0 saturated carbocycles. The summed E-state index contributed by atoms with van der Waals surface area (Å²) >= 11 is 0. The summed E-state index contributed by atoms with van der Waals surface area (Å²) in [7, 11) is 0. The van der Waals surface area contributed by atoms with Gasteiger partial charge in [0.15, 0.2) is 0 Å². The third-order valence-corrected chi connectivity index (χ3v) is 11.7. The number of aromatic nitrogens is 2. The minimum absolute atomic E-state index is 0. The molecule has 8 aromatic rings. The maximum atomic E-state index is 5.40.